The highest BCUT2D eigenvalue weighted by atomic mass is 16.5. The smallest absolute Gasteiger partial charge is 0.0622 e. The van der Waals surface area contributed by atoms with Crippen molar-refractivity contribution in [3.63, 3.8) is 0 Å². The van der Waals surface area contributed by atoms with Crippen LogP contribution in [-0.4, -0.2) is 50.8 Å². The van der Waals surface area contributed by atoms with Crippen LogP contribution in [0.15, 0.2) is 0 Å². The van der Waals surface area contributed by atoms with Crippen LogP contribution in [0.4, 0.5) is 0 Å². The fourth-order valence-electron chi connectivity index (χ4n) is 2.62. The Kier molecular flexibility index (Phi) is 3.79. The zero-order valence-electron chi connectivity index (χ0n) is 9.17. The van der Waals surface area contributed by atoms with Crippen molar-refractivity contribution in [2.45, 2.75) is 25.3 Å². The molecule has 0 aliphatic carbocycles. The van der Waals surface area contributed by atoms with E-state index in [1.165, 1.54) is 38.9 Å². The van der Waals surface area contributed by atoms with Crippen molar-refractivity contribution >= 4 is 0 Å². The molecule has 3 nitrogen and oxygen atoms in total. The Morgan fingerprint density at radius 2 is 2.07 bits per heavy atom. The number of likely N-dealkylation sites (tertiary alicyclic amines) is 1. The van der Waals surface area contributed by atoms with Gasteiger partial charge in [-0.2, -0.15) is 0 Å². The highest BCUT2D eigenvalue weighted by molar-refractivity contribution is 4.81. The SMILES string of the molecule is CNCC1CCN(C2CCOC2)CC1. The van der Waals surface area contributed by atoms with Crippen molar-refractivity contribution in [3.05, 3.63) is 0 Å². The fraction of sp³-hybridized carbons (Fsp3) is 1.00. The highest BCUT2D eigenvalue weighted by Gasteiger charge is 2.27. The summed E-state index contributed by atoms with van der Waals surface area (Å²) in [6, 6.07) is 0.727. The van der Waals surface area contributed by atoms with Gasteiger partial charge in [0.05, 0.1) is 6.61 Å². The van der Waals surface area contributed by atoms with Crippen molar-refractivity contribution in [3.8, 4) is 0 Å². The number of nitrogens with one attached hydrogen (secondary N) is 1. The van der Waals surface area contributed by atoms with Crippen molar-refractivity contribution in [2.24, 2.45) is 5.92 Å². The van der Waals surface area contributed by atoms with Crippen LogP contribution in [0.25, 0.3) is 0 Å². The summed E-state index contributed by atoms with van der Waals surface area (Å²) in [5.41, 5.74) is 0. The third kappa shape index (κ3) is 2.47. The van der Waals surface area contributed by atoms with Crippen LogP contribution in [0.2, 0.25) is 0 Å². The van der Waals surface area contributed by atoms with Gasteiger partial charge in [-0.25, -0.2) is 0 Å². The van der Waals surface area contributed by atoms with E-state index in [4.69, 9.17) is 4.74 Å². The first-order valence-corrected chi connectivity index (χ1v) is 5.86. The number of hydrogen-bond donors (Lipinski definition) is 1. The number of rotatable bonds is 3. The molecule has 3 heteroatoms. The molecule has 0 aromatic rings. The Hall–Kier alpha value is -0.120. The van der Waals surface area contributed by atoms with Gasteiger partial charge in [0.25, 0.3) is 0 Å². The van der Waals surface area contributed by atoms with Crippen LogP contribution in [0.1, 0.15) is 19.3 Å². The van der Waals surface area contributed by atoms with E-state index in [2.05, 4.69) is 17.3 Å². The average molecular weight is 198 g/mol. The summed E-state index contributed by atoms with van der Waals surface area (Å²) < 4.78 is 5.43. The molecule has 2 rings (SSSR count). The number of ether oxygens (including phenoxy) is 1. The van der Waals surface area contributed by atoms with E-state index in [-0.39, 0.29) is 0 Å². The average Bonchev–Trinajstić information content (AvgIpc) is 2.72. The largest absolute Gasteiger partial charge is 0.380 e. The third-order valence-corrected chi connectivity index (χ3v) is 3.56. The Balaban J connectivity index is 1.72. The lowest BCUT2D eigenvalue weighted by molar-refractivity contribution is 0.110. The molecular formula is C11H22N2O. The summed E-state index contributed by atoms with van der Waals surface area (Å²) in [5, 5.41) is 3.28. The fourth-order valence-corrected chi connectivity index (χ4v) is 2.62. The molecule has 0 saturated carbocycles. The first kappa shape index (κ1) is 10.4. The van der Waals surface area contributed by atoms with Crippen LogP contribution >= 0.6 is 0 Å². The molecule has 14 heavy (non-hydrogen) atoms. The van der Waals surface area contributed by atoms with E-state index in [0.717, 1.165) is 25.2 Å². The Bertz CT molecular complexity index is 161. The molecule has 2 aliphatic rings. The zero-order valence-corrected chi connectivity index (χ0v) is 9.17. The predicted octanol–water partition coefficient (Wildman–Crippen LogP) is 0.707. The molecule has 1 atom stereocenters. The second-order valence-electron chi connectivity index (χ2n) is 4.55. The molecular weight excluding hydrogens is 176 g/mol. The molecule has 2 saturated heterocycles. The van der Waals surface area contributed by atoms with Gasteiger partial charge in [0.1, 0.15) is 0 Å². The Labute approximate surface area is 86.8 Å². The minimum absolute atomic E-state index is 0.727. The van der Waals surface area contributed by atoms with E-state index in [9.17, 15) is 0 Å². The Morgan fingerprint density at radius 1 is 1.29 bits per heavy atom. The monoisotopic (exact) mass is 198 g/mol. The molecule has 1 unspecified atom stereocenters. The van der Waals surface area contributed by atoms with Gasteiger partial charge in [-0.05, 0) is 51.9 Å². The van der Waals surface area contributed by atoms with E-state index in [0.29, 0.717) is 0 Å². The third-order valence-electron chi connectivity index (χ3n) is 3.56. The molecule has 1 N–H and O–H groups in total. The maximum atomic E-state index is 5.43. The number of nitrogens with zero attached hydrogens (tertiary/aromatic N) is 1. The van der Waals surface area contributed by atoms with Gasteiger partial charge < -0.3 is 10.1 Å². The maximum absolute atomic E-state index is 5.43. The van der Waals surface area contributed by atoms with Gasteiger partial charge in [0, 0.05) is 12.6 Å². The highest BCUT2D eigenvalue weighted by Crippen LogP contribution is 2.21. The van der Waals surface area contributed by atoms with Crippen LogP contribution in [0, 0.1) is 5.92 Å². The molecule has 0 bridgehead atoms. The summed E-state index contributed by atoms with van der Waals surface area (Å²) in [5.74, 6) is 0.901. The maximum Gasteiger partial charge on any atom is 0.0622 e. The van der Waals surface area contributed by atoms with Gasteiger partial charge in [0.15, 0.2) is 0 Å². The number of hydrogen-bond acceptors (Lipinski definition) is 3. The molecule has 2 fully saturated rings. The molecule has 0 aromatic carbocycles. The van der Waals surface area contributed by atoms with Crippen LogP contribution < -0.4 is 5.32 Å². The molecule has 82 valence electrons. The Morgan fingerprint density at radius 3 is 2.64 bits per heavy atom. The summed E-state index contributed by atoms with van der Waals surface area (Å²) in [6.07, 6.45) is 3.96. The van der Waals surface area contributed by atoms with Crippen LogP contribution in [0.5, 0.6) is 0 Å². The number of piperidine rings is 1. The predicted molar refractivity (Wildman–Crippen MR) is 57.4 cm³/mol. The molecule has 2 aliphatic heterocycles. The summed E-state index contributed by atoms with van der Waals surface area (Å²) in [6.45, 7) is 5.69. The normalized spacial score (nSPS) is 31.1. The lowest BCUT2D eigenvalue weighted by Gasteiger charge is -2.35. The topological polar surface area (TPSA) is 24.5 Å². The first-order valence-electron chi connectivity index (χ1n) is 5.86. The first-order chi connectivity index (χ1) is 6.90. The van der Waals surface area contributed by atoms with Gasteiger partial charge in [-0.3, -0.25) is 4.90 Å². The van der Waals surface area contributed by atoms with Crippen LogP contribution in [0.3, 0.4) is 0 Å². The molecule has 0 radical (unpaired) electrons. The molecule has 0 amide bonds. The summed E-state index contributed by atoms with van der Waals surface area (Å²) in [4.78, 5) is 2.62. The summed E-state index contributed by atoms with van der Waals surface area (Å²) >= 11 is 0. The minimum Gasteiger partial charge on any atom is -0.380 e. The summed E-state index contributed by atoms with van der Waals surface area (Å²) in [7, 11) is 2.05. The van der Waals surface area contributed by atoms with Crippen molar-refractivity contribution in [1.29, 1.82) is 0 Å². The minimum atomic E-state index is 0.727. The van der Waals surface area contributed by atoms with E-state index >= 15 is 0 Å². The lowest BCUT2D eigenvalue weighted by atomic mass is 9.95. The zero-order chi connectivity index (χ0) is 9.80. The van der Waals surface area contributed by atoms with E-state index in [1.807, 2.05) is 0 Å². The standard InChI is InChI=1S/C11H22N2O/c1-12-8-10-2-5-13(6-3-10)11-4-7-14-9-11/h10-12H,2-9H2,1H3. The second-order valence-corrected chi connectivity index (χ2v) is 4.55. The molecule has 0 spiro atoms. The van der Waals surface area contributed by atoms with E-state index in [1.54, 1.807) is 0 Å². The van der Waals surface area contributed by atoms with Gasteiger partial charge in [0.2, 0.25) is 0 Å². The van der Waals surface area contributed by atoms with Gasteiger partial charge >= 0.3 is 0 Å². The quantitative estimate of drug-likeness (QED) is 0.723. The van der Waals surface area contributed by atoms with Crippen LogP contribution in [-0.2, 0) is 4.74 Å². The molecule has 0 aromatic heterocycles. The molecule has 2 heterocycles. The second kappa shape index (κ2) is 5.10. The van der Waals surface area contributed by atoms with Crippen molar-refractivity contribution in [2.75, 3.05) is 39.9 Å². The van der Waals surface area contributed by atoms with Gasteiger partial charge in [-0.15, -0.1) is 0 Å². The van der Waals surface area contributed by atoms with Crippen molar-refractivity contribution < 1.29 is 4.74 Å². The lowest BCUT2D eigenvalue weighted by Crippen LogP contribution is -2.43. The van der Waals surface area contributed by atoms with Gasteiger partial charge in [-0.1, -0.05) is 0 Å². The van der Waals surface area contributed by atoms with E-state index < -0.39 is 0 Å². The van der Waals surface area contributed by atoms with Crippen molar-refractivity contribution in [1.82, 2.24) is 10.2 Å².